The van der Waals surface area contributed by atoms with Crippen molar-refractivity contribution < 1.29 is 9.53 Å². The number of hydrogen-bond acceptors (Lipinski definition) is 3. The van der Waals surface area contributed by atoms with Crippen LogP contribution in [-0.2, 0) is 4.74 Å². The maximum absolute atomic E-state index is 11.8. The maximum Gasteiger partial charge on any atom is 0.253 e. The Bertz CT molecular complexity index is 392. The van der Waals surface area contributed by atoms with Gasteiger partial charge in [-0.3, -0.25) is 4.79 Å². The standard InChI is InChI=1S/C12H14N2O2/c1-14(7-8-16-2)12(15)11-5-3-10(9-13)4-6-11/h3-6H,7-8H2,1-2H3. The smallest absolute Gasteiger partial charge is 0.253 e. The van der Waals surface area contributed by atoms with Crippen molar-refractivity contribution in [3.05, 3.63) is 35.4 Å². The summed E-state index contributed by atoms with van der Waals surface area (Å²) in [6.07, 6.45) is 0. The Labute approximate surface area is 95.0 Å². The Hall–Kier alpha value is -1.86. The Morgan fingerprint density at radius 1 is 1.44 bits per heavy atom. The summed E-state index contributed by atoms with van der Waals surface area (Å²) in [5.41, 5.74) is 1.13. The number of benzene rings is 1. The first-order valence-electron chi connectivity index (χ1n) is 4.93. The van der Waals surface area contributed by atoms with Crippen LogP contribution in [0.2, 0.25) is 0 Å². The van der Waals surface area contributed by atoms with Crippen molar-refractivity contribution in [1.82, 2.24) is 4.90 Å². The molecule has 0 aromatic heterocycles. The highest BCUT2D eigenvalue weighted by atomic mass is 16.5. The molecular formula is C12H14N2O2. The third-order valence-electron chi connectivity index (χ3n) is 2.24. The minimum absolute atomic E-state index is 0.0680. The summed E-state index contributed by atoms with van der Waals surface area (Å²) in [6, 6.07) is 8.60. The second-order valence-corrected chi connectivity index (χ2v) is 3.41. The van der Waals surface area contributed by atoms with E-state index in [1.54, 1.807) is 43.3 Å². The maximum atomic E-state index is 11.8. The van der Waals surface area contributed by atoms with Crippen molar-refractivity contribution in [3.63, 3.8) is 0 Å². The lowest BCUT2D eigenvalue weighted by Gasteiger charge is -2.16. The molecule has 0 saturated carbocycles. The number of nitriles is 1. The summed E-state index contributed by atoms with van der Waals surface area (Å²) in [7, 11) is 3.32. The van der Waals surface area contributed by atoms with E-state index in [2.05, 4.69) is 0 Å². The average Bonchev–Trinajstić information content (AvgIpc) is 2.35. The van der Waals surface area contributed by atoms with E-state index in [0.717, 1.165) is 0 Å². The zero-order chi connectivity index (χ0) is 12.0. The van der Waals surface area contributed by atoms with Gasteiger partial charge in [0.1, 0.15) is 0 Å². The van der Waals surface area contributed by atoms with Gasteiger partial charge in [0.15, 0.2) is 0 Å². The van der Waals surface area contributed by atoms with Gasteiger partial charge in [-0.25, -0.2) is 0 Å². The molecule has 16 heavy (non-hydrogen) atoms. The van der Waals surface area contributed by atoms with Crippen LogP contribution in [0.4, 0.5) is 0 Å². The van der Waals surface area contributed by atoms with Crippen LogP contribution in [0.5, 0.6) is 0 Å². The molecule has 1 amide bonds. The SMILES string of the molecule is COCCN(C)C(=O)c1ccc(C#N)cc1. The summed E-state index contributed by atoms with van der Waals surface area (Å²) >= 11 is 0. The third kappa shape index (κ3) is 3.07. The van der Waals surface area contributed by atoms with Gasteiger partial charge in [0.05, 0.1) is 18.2 Å². The minimum Gasteiger partial charge on any atom is -0.383 e. The van der Waals surface area contributed by atoms with E-state index >= 15 is 0 Å². The fraction of sp³-hybridized carbons (Fsp3) is 0.333. The van der Waals surface area contributed by atoms with E-state index in [4.69, 9.17) is 10.00 Å². The van der Waals surface area contributed by atoms with Crippen molar-refractivity contribution >= 4 is 5.91 Å². The highest BCUT2D eigenvalue weighted by Gasteiger charge is 2.10. The van der Waals surface area contributed by atoms with Gasteiger partial charge in [-0.1, -0.05) is 0 Å². The quantitative estimate of drug-likeness (QED) is 0.764. The van der Waals surface area contributed by atoms with Crippen LogP contribution in [-0.4, -0.2) is 38.1 Å². The lowest BCUT2D eigenvalue weighted by Crippen LogP contribution is -2.29. The lowest BCUT2D eigenvalue weighted by atomic mass is 10.1. The van der Waals surface area contributed by atoms with Gasteiger partial charge < -0.3 is 9.64 Å². The first-order valence-corrected chi connectivity index (χ1v) is 4.93. The largest absolute Gasteiger partial charge is 0.383 e. The number of methoxy groups -OCH3 is 1. The van der Waals surface area contributed by atoms with Gasteiger partial charge in [0.25, 0.3) is 5.91 Å². The van der Waals surface area contributed by atoms with Crippen LogP contribution in [0.1, 0.15) is 15.9 Å². The molecule has 0 radical (unpaired) electrons. The highest BCUT2D eigenvalue weighted by molar-refractivity contribution is 5.94. The molecule has 0 bridgehead atoms. The van der Waals surface area contributed by atoms with Gasteiger partial charge in [-0.2, -0.15) is 5.26 Å². The molecule has 0 fully saturated rings. The molecule has 0 aliphatic carbocycles. The molecule has 4 heteroatoms. The summed E-state index contributed by atoms with van der Waals surface area (Å²) < 4.78 is 4.90. The minimum atomic E-state index is -0.0680. The summed E-state index contributed by atoms with van der Waals surface area (Å²) in [6.45, 7) is 1.06. The van der Waals surface area contributed by atoms with Gasteiger partial charge in [0.2, 0.25) is 0 Å². The summed E-state index contributed by atoms with van der Waals surface area (Å²) in [5.74, 6) is -0.0680. The van der Waals surface area contributed by atoms with E-state index in [1.165, 1.54) is 0 Å². The molecule has 1 aromatic carbocycles. The molecule has 0 aliphatic rings. The Morgan fingerprint density at radius 2 is 2.06 bits per heavy atom. The van der Waals surface area contributed by atoms with Crippen LogP contribution < -0.4 is 0 Å². The van der Waals surface area contributed by atoms with Crippen LogP contribution in [0.3, 0.4) is 0 Å². The number of hydrogen-bond donors (Lipinski definition) is 0. The van der Waals surface area contributed by atoms with Crippen LogP contribution in [0.15, 0.2) is 24.3 Å². The first-order chi connectivity index (χ1) is 7.69. The van der Waals surface area contributed by atoms with Crippen LogP contribution in [0, 0.1) is 11.3 Å². The second kappa shape index (κ2) is 5.89. The molecule has 0 N–H and O–H groups in total. The molecule has 0 unspecified atom stereocenters. The van der Waals surface area contributed by atoms with Crippen molar-refractivity contribution in [1.29, 1.82) is 5.26 Å². The fourth-order valence-electron chi connectivity index (χ4n) is 1.24. The molecule has 1 aromatic rings. The number of rotatable bonds is 4. The molecule has 84 valence electrons. The van der Waals surface area contributed by atoms with E-state index in [1.807, 2.05) is 6.07 Å². The van der Waals surface area contributed by atoms with Crippen molar-refractivity contribution in [3.8, 4) is 6.07 Å². The second-order valence-electron chi connectivity index (χ2n) is 3.41. The topological polar surface area (TPSA) is 53.3 Å². The average molecular weight is 218 g/mol. The number of carbonyl (C=O) groups is 1. The van der Waals surface area contributed by atoms with E-state index in [9.17, 15) is 4.79 Å². The number of carbonyl (C=O) groups excluding carboxylic acids is 1. The van der Waals surface area contributed by atoms with Crippen molar-refractivity contribution in [2.75, 3.05) is 27.3 Å². The molecular weight excluding hydrogens is 204 g/mol. The molecule has 0 spiro atoms. The summed E-state index contributed by atoms with van der Waals surface area (Å²) in [4.78, 5) is 13.4. The Morgan fingerprint density at radius 3 is 2.56 bits per heavy atom. The first kappa shape index (κ1) is 12.2. The predicted octanol–water partition coefficient (Wildman–Crippen LogP) is 1.28. The zero-order valence-electron chi connectivity index (χ0n) is 9.43. The van der Waals surface area contributed by atoms with E-state index < -0.39 is 0 Å². The summed E-state index contributed by atoms with van der Waals surface area (Å²) in [5, 5.41) is 8.63. The zero-order valence-corrected chi connectivity index (χ0v) is 9.43. The van der Waals surface area contributed by atoms with Crippen LogP contribution in [0.25, 0.3) is 0 Å². The van der Waals surface area contributed by atoms with E-state index in [0.29, 0.717) is 24.3 Å². The third-order valence-corrected chi connectivity index (χ3v) is 2.24. The highest BCUT2D eigenvalue weighted by Crippen LogP contribution is 2.06. The number of likely N-dealkylation sites (N-methyl/N-ethyl adjacent to an activating group) is 1. The predicted molar refractivity (Wildman–Crippen MR) is 60.0 cm³/mol. The lowest BCUT2D eigenvalue weighted by molar-refractivity contribution is 0.0744. The van der Waals surface area contributed by atoms with Crippen molar-refractivity contribution in [2.24, 2.45) is 0 Å². The molecule has 4 nitrogen and oxygen atoms in total. The molecule has 0 saturated heterocycles. The fourth-order valence-corrected chi connectivity index (χ4v) is 1.24. The number of ether oxygens (including phenoxy) is 1. The molecule has 0 atom stereocenters. The molecule has 0 heterocycles. The normalized spacial score (nSPS) is 9.56. The monoisotopic (exact) mass is 218 g/mol. The van der Waals surface area contributed by atoms with Gasteiger partial charge in [-0.05, 0) is 24.3 Å². The Kier molecular flexibility index (Phi) is 4.49. The van der Waals surface area contributed by atoms with Gasteiger partial charge in [-0.15, -0.1) is 0 Å². The number of amides is 1. The van der Waals surface area contributed by atoms with E-state index in [-0.39, 0.29) is 5.91 Å². The molecule has 0 aliphatic heterocycles. The Balaban J connectivity index is 2.69. The van der Waals surface area contributed by atoms with Gasteiger partial charge >= 0.3 is 0 Å². The van der Waals surface area contributed by atoms with Gasteiger partial charge in [0, 0.05) is 26.3 Å². The van der Waals surface area contributed by atoms with Crippen molar-refractivity contribution in [2.45, 2.75) is 0 Å². The number of nitrogens with zero attached hydrogens (tertiary/aromatic N) is 2. The molecule has 1 rings (SSSR count). The van der Waals surface area contributed by atoms with Crippen LogP contribution >= 0.6 is 0 Å².